The van der Waals surface area contributed by atoms with Crippen molar-refractivity contribution in [2.45, 2.75) is 15.2 Å². The smallest absolute Gasteiger partial charge is 0.0725 e. The van der Waals surface area contributed by atoms with Gasteiger partial charge in [-0.1, -0.05) is 182 Å². The van der Waals surface area contributed by atoms with E-state index in [9.17, 15) is 0 Å². The number of hydrogen-bond donors (Lipinski definition) is 0. The predicted molar refractivity (Wildman–Crippen MR) is 218 cm³/mol. The molecule has 9 aromatic carbocycles. The zero-order valence-corrected chi connectivity index (χ0v) is 29.0. The lowest BCUT2D eigenvalue weighted by molar-refractivity contribution is 0.794. The number of fused-ring (bicyclic) bond motifs is 13. The molecule has 0 saturated carbocycles. The first kappa shape index (κ1) is 28.5. The van der Waals surface area contributed by atoms with Crippen LogP contribution in [0.4, 0.5) is 0 Å². The van der Waals surface area contributed by atoms with Gasteiger partial charge in [0.05, 0.1) is 5.41 Å². The molecule has 0 fully saturated rings. The van der Waals surface area contributed by atoms with Crippen LogP contribution in [0.5, 0.6) is 0 Å². The van der Waals surface area contributed by atoms with Gasteiger partial charge in [0.15, 0.2) is 0 Å². The van der Waals surface area contributed by atoms with E-state index >= 15 is 0 Å². The lowest BCUT2D eigenvalue weighted by atomic mass is 9.70. The summed E-state index contributed by atoms with van der Waals surface area (Å²) in [6, 6.07) is 68.4. The third-order valence-corrected chi connectivity index (χ3v) is 13.1. The Kier molecular flexibility index (Phi) is 5.73. The largest absolute Gasteiger partial charge is 0.0881 e. The van der Waals surface area contributed by atoms with Crippen LogP contribution in [0.15, 0.2) is 192 Å². The summed E-state index contributed by atoms with van der Waals surface area (Å²) in [5.41, 5.74) is 18.2. The molecule has 0 aromatic heterocycles. The van der Waals surface area contributed by atoms with Crippen molar-refractivity contribution >= 4 is 33.3 Å². The molecule has 1 spiro atoms. The molecule has 2 aliphatic carbocycles. The molecule has 0 nitrogen and oxygen atoms in total. The summed E-state index contributed by atoms with van der Waals surface area (Å²) < 4.78 is 0. The highest BCUT2D eigenvalue weighted by Gasteiger charge is 2.51. The van der Waals surface area contributed by atoms with Crippen LogP contribution in [0, 0.1) is 0 Å². The molecule has 1 aliphatic heterocycles. The van der Waals surface area contributed by atoms with Gasteiger partial charge in [-0.25, -0.2) is 0 Å². The Labute approximate surface area is 307 Å². The van der Waals surface area contributed by atoms with Crippen molar-refractivity contribution in [2.24, 2.45) is 0 Å². The monoisotopic (exact) mass is 674 g/mol. The van der Waals surface area contributed by atoms with E-state index < -0.39 is 0 Å². The van der Waals surface area contributed by atoms with Gasteiger partial charge in [-0.15, -0.1) is 0 Å². The van der Waals surface area contributed by atoms with Crippen molar-refractivity contribution in [1.29, 1.82) is 0 Å². The second-order valence-electron chi connectivity index (χ2n) is 14.3. The maximum atomic E-state index is 2.51. The minimum Gasteiger partial charge on any atom is -0.0881 e. The van der Waals surface area contributed by atoms with Crippen molar-refractivity contribution in [3.05, 3.63) is 204 Å². The molecule has 1 heterocycles. The quantitative estimate of drug-likeness (QED) is 0.176. The number of benzene rings is 9. The van der Waals surface area contributed by atoms with E-state index in [1.165, 1.54) is 109 Å². The highest BCUT2D eigenvalue weighted by atomic mass is 32.2. The first-order valence-electron chi connectivity index (χ1n) is 18.1. The van der Waals surface area contributed by atoms with Gasteiger partial charge in [0, 0.05) is 15.2 Å². The Hall–Kier alpha value is -6.15. The zero-order valence-electron chi connectivity index (χ0n) is 28.2. The fourth-order valence-corrected chi connectivity index (χ4v) is 11.1. The van der Waals surface area contributed by atoms with E-state index in [0.717, 1.165) is 0 Å². The zero-order chi connectivity index (χ0) is 34.0. The average Bonchev–Trinajstić information content (AvgIpc) is 3.68. The Balaban J connectivity index is 1.08. The maximum absolute atomic E-state index is 2.51. The molecular weight excluding hydrogens is 645 g/mol. The Bertz CT molecular complexity index is 2930. The maximum Gasteiger partial charge on any atom is 0.0725 e. The Morgan fingerprint density at radius 1 is 0.327 bits per heavy atom. The first-order chi connectivity index (χ1) is 25.8. The second-order valence-corrected chi connectivity index (χ2v) is 15.3. The summed E-state index contributed by atoms with van der Waals surface area (Å²) in [5.74, 6) is 0. The topological polar surface area (TPSA) is 0 Å². The third kappa shape index (κ3) is 3.59. The van der Waals surface area contributed by atoms with Gasteiger partial charge in [0.1, 0.15) is 0 Å². The SMILES string of the molecule is c1ccc2c(c1)-c1ccccc1C21c2ccccc2-c2ccc(-c3ccc(-c4cccc5c4Sc4cccc6cccc-5c46)c4ccccc34)cc21. The number of hydrogen-bond acceptors (Lipinski definition) is 1. The molecule has 1 heteroatoms. The molecule has 0 amide bonds. The van der Waals surface area contributed by atoms with Crippen LogP contribution in [0.1, 0.15) is 22.3 Å². The van der Waals surface area contributed by atoms with Crippen LogP contribution in [-0.4, -0.2) is 0 Å². The summed E-state index contributed by atoms with van der Waals surface area (Å²) in [5, 5.41) is 5.22. The summed E-state index contributed by atoms with van der Waals surface area (Å²) in [7, 11) is 0. The molecule has 0 radical (unpaired) electrons. The van der Waals surface area contributed by atoms with Crippen molar-refractivity contribution in [3.63, 3.8) is 0 Å². The molecule has 12 rings (SSSR count). The molecule has 3 aliphatic rings. The van der Waals surface area contributed by atoms with Gasteiger partial charge >= 0.3 is 0 Å². The van der Waals surface area contributed by atoms with Crippen molar-refractivity contribution in [3.8, 4) is 55.6 Å². The second kappa shape index (κ2) is 10.4. The Morgan fingerprint density at radius 2 is 0.808 bits per heavy atom. The standard InChI is InChI=1S/C51H30S/c1-2-15-35-34(14-1)33(28-29-36(35)42-20-11-21-43-41-19-9-12-31-13-10-25-48(49(31)41)52-50(42)43)32-26-27-40-39-18-5-8-24-46(39)51(47(40)30-32)44-22-6-3-16-37(44)38-17-4-7-23-45(38)51/h1-30H. The van der Waals surface area contributed by atoms with Crippen molar-refractivity contribution < 1.29 is 0 Å². The van der Waals surface area contributed by atoms with Crippen LogP contribution >= 0.6 is 11.8 Å². The average molecular weight is 675 g/mol. The molecule has 0 saturated heterocycles. The molecule has 0 atom stereocenters. The van der Waals surface area contributed by atoms with E-state index in [-0.39, 0.29) is 5.41 Å². The predicted octanol–water partition coefficient (Wildman–Crippen LogP) is 13.8. The summed E-state index contributed by atoms with van der Waals surface area (Å²) in [4.78, 5) is 2.67. The minimum absolute atomic E-state index is 0.357. The van der Waals surface area contributed by atoms with Gasteiger partial charge < -0.3 is 0 Å². The van der Waals surface area contributed by atoms with Crippen molar-refractivity contribution in [2.75, 3.05) is 0 Å². The van der Waals surface area contributed by atoms with Crippen LogP contribution < -0.4 is 0 Å². The van der Waals surface area contributed by atoms with Crippen LogP contribution in [0.2, 0.25) is 0 Å². The molecule has 0 bridgehead atoms. The van der Waals surface area contributed by atoms with E-state index in [2.05, 4.69) is 182 Å². The van der Waals surface area contributed by atoms with Crippen molar-refractivity contribution in [1.82, 2.24) is 0 Å². The van der Waals surface area contributed by atoms with E-state index in [0.29, 0.717) is 0 Å². The molecule has 240 valence electrons. The van der Waals surface area contributed by atoms with Crippen LogP contribution in [-0.2, 0) is 5.41 Å². The fraction of sp³-hybridized carbons (Fsp3) is 0.0196. The van der Waals surface area contributed by atoms with E-state index in [1.54, 1.807) is 0 Å². The lowest BCUT2D eigenvalue weighted by Crippen LogP contribution is -2.25. The molecule has 0 unspecified atom stereocenters. The van der Waals surface area contributed by atoms with Crippen LogP contribution in [0.25, 0.3) is 77.2 Å². The third-order valence-electron chi connectivity index (χ3n) is 11.9. The molecule has 0 N–H and O–H groups in total. The molecular formula is C51H30S. The summed E-state index contributed by atoms with van der Waals surface area (Å²) >= 11 is 1.91. The van der Waals surface area contributed by atoms with Gasteiger partial charge in [-0.2, -0.15) is 0 Å². The molecule has 52 heavy (non-hydrogen) atoms. The highest BCUT2D eigenvalue weighted by molar-refractivity contribution is 8.00. The van der Waals surface area contributed by atoms with Gasteiger partial charge in [0.2, 0.25) is 0 Å². The lowest BCUT2D eigenvalue weighted by Gasteiger charge is -2.30. The normalized spacial score (nSPS) is 13.8. The fourth-order valence-electron chi connectivity index (χ4n) is 9.85. The highest BCUT2D eigenvalue weighted by Crippen LogP contribution is 2.63. The minimum atomic E-state index is -0.357. The summed E-state index contributed by atoms with van der Waals surface area (Å²) in [6.45, 7) is 0. The van der Waals surface area contributed by atoms with Gasteiger partial charge in [-0.05, 0) is 106 Å². The number of rotatable bonds is 2. The van der Waals surface area contributed by atoms with Crippen LogP contribution in [0.3, 0.4) is 0 Å². The molecule has 9 aromatic rings. The van der Waals surface area contributed by atoms with Gasteiger partial charge in [-0.3, -0.25) is 0 Å². The van der Waals surface area contributed by atoms with E-state index in [4.69, 9.17) is 0 Å². The Morgan fingerprint density at radius 3 is 1.50 bits per heavy atom. The van der Waals surface area contributed by atoms with Gasteiger partial charge in [0.25, 0.3) is 0 Å². The first-order valence-corrected chi connectivity index (χ1v) is 18.9. The summed E-state index contributed by atoms with van der Waals surface area (Å²) in [6.07, 6.45) is 0. The van der Waals surface area contributed by atoms with E-state index in [1.807, 2.05) is 11.8 Å².